The molecule has 1 saturated heterocycles. The summed E-state index contributed by atoms with van der Waals surface area (Å²) >= 11 is 0. The lowest BCUT2D eigenvalue weighted by atomic mass is 10.2. The first-order valence-electron chi connectivity index (χ1n) is 11.4. The molecule has 1 fully saturated rings. The number of ether oxygens (including phenoxy) is 1. The third-order valence-electron chi connectivity index (χ3n) is 5.14. The minimum atomic E-state index is -0.495. The average molecular weight is 569 g/mol. The van der Waals surface area contributed by atoms with Gasteiger partial charge in [-0.05, 0) is 39.7 Å². The van der Waals surface area contributed by atoms with E-state index in [2.05, 4.69) is 56.3 Å². The van der Waals surface area contributed by atoms with Gasteiger partial charge in [0, 0.05) is 51.5 Å². The van der Waals surface area contributed by atoms with Crippen molar-refractivity contribution < 1.29 is 9.53 Å². The first-order valence-corrected chi connectivity index (χ1v) is 11.4. The zero-order valence-corrected chi connectivity index (χ0v) is 22.4. The number of amides is 1. The first kappa shape index (κ1) is 26.9. The SMILES string of the molecule is CCNC(=NCCc1nccn1Cc1ccccc1)N1CCC(NC(=O)OC(C)(C)C)C1.I. The summed E-state index contributed by atoms with van der Waals surface area (Å²) in [7, 11) is 0. The van der Waals surface area contributed by atoms with E-state index in [0.717, 1.165) is 44.3 Å². The highest BCUT2D eigenvalue weighted by Gasteiger charge is 2.27. The van der Waals surface area contributed by atoms with E-state index >= 15 is 0 Å². The molecule has 182 valence electrons. The molecule has 8 nitrogen and oxygen atoms in total. The largest absolute Gasteiger partial charge is 0.444 e. The highest BCUT2D eigenvalue weighted by molar-refractivity contribution is 14.0. The molecule has 0 aliphatic carbocycles. The van der Waals surface area contributed by atoms with Gasteiger partial charge < -0.3 is 24.8 Å². The molecule has 0 radical (unpaired) electrons. The molecule has 3 rings (SSSR count). The third kappa shape index (κ3) is 8.87. The van der Waals surface area contributed by atoms with Crippen molar-refractivity contribution in [2.75, 3.05) is 26.2 Å². The molecule has 0 bridgehead atoms. The number of rotatable bonds is 7. The lowest BCUT2D eigenvalue weighted by molar-refractivity contribution is 0.0507. The van der Waals surface area contributed by atoms with Gasteiger partial charge >= 0.3 is 6.09 Å². The summed E-state index contributed by atoms with van der Waals surface area (Å²) in [6.07, 6.45) is 5.13. The van der Waals surface area contributed by atoms with Crippen molar-refractivity contribution in [3.05, 3.63) is 54.1 Å². The second kappa shape index (κ2) is 12.8. The maximum absolute atomic E-state index is 12.1. The number of alkyl carbamates (subject to hydrolysis) is 1. The van der Waals surface area contributed by atoms with E-state index in [1.54, 1.807) is 0 Å². The molecule has 1 aromatic carbocycles. The van der Waals surface area contributed by atoms with Gasteiger partial charge in [0.25, 0.3) is 0 Å². The minimum Gasteiger partial charge on any atom is -0.444 e. The Kier molecular flexibility index (Phi) is 10.5. The third-order valence-corrected chi connectivity index (χ3v) is 5.14. The topological polar surface area (TPSA) is 83.8 Å². The fraction of sp³-hybridized carbons (Fsp3) is 0.542. The van der Waals surface area contributed by atoms with Crippen molar-refractivity contribution in [3.8, 4) is 0 Å². The number of benzene rings is 1. The summed E-state index contributed by atoms with van der Waals surface area (Å²) in [5.74, 6) is 1.90. The Morgan fingerprint density at radius 2 is 2.03 bits per heavy atom. The van der Waals surface area contributed by atoms with Crippen molar-refractivity contribution in [1.82, 2.24) is 25.1 Å². The summed E-state index contributed by atoms with van der Waals surface area (Å²) in [6.45, 7) is 11.5. The number of nitrogens with zero attached hydrogens (tertiary/aromatic N) is 4. The number of nitrogens with one attached hydrogen (secondary N) is 2. The van der Waals surface area contributed by atoms with E-state index in [0.29, 0.717) is 13.1 Å². The number of guanidine groups is 1. The van der Waals surface area contributed by atoms with Crippen LogP contribution in [0.25, 0.3) is 0 Å². The summed E-state index contributed by atoms with van der Waals surface area (Å²) in [5.41, 5.74) is 0.759. The van der Waals surface area contributed by atoms with E-state index in [4.69, 9.17) is 9.73 Å². The summed E-state index contributed by atoms with van der Waals surface area (Å²) < 4.78 is 7.55. The maximum atomic E-state index is 12.1. The Labute approximate surface area is 214 Å². The van der Waals surface area contributed by atoms with Crippen LogP contribution in [0.5, 0.6) is 0 Å². The van der Waals surface area contributed by atoms with E-state index in [1.807, 2.05) is 39.2 Å². The monoisotopic (exact) mass is 568 g/mol. The molecular weight excluding hydrogens is 531 g/mol. The molecule has 1 aliphatic rings. The Hall–Kier alpha value is -2.30. The van der Waals surface area contributed by atoms with Crippen LogP contribution in [-0.2, 0) is 17.7 Å². The van der Waals surface area contributed by atoms with Gasteiger partial charge in [-0.25, -0.2) is 9.78 Å². The number of imidazole rings is 1. The van der Waals surface area contributed by atoms with Gasteiger partial charge in [0.15, 0.2) is 5.96 Å². The molecule has 1 atom stereocenters. The van der Waals surface area contributed by atoms with Gasteiger partial charge in [-0.15, -0.1) is 24.0 Å². The normalized spacial score (nSPS) is 16.3. The Bertz CT molecular complexity index is 894. The summed E-state index contributed by atoms with van der Waals surface area (Å²) in [4.78, 5) is 23.6. The van der Waals surface area contributed by atoms with Crippen LogP contribution in [0.4, 0.5) is 4.79 Å². The molecule has 0 saturated carbocycles. The van der Waals surface area contributed by atoms with Gasteiger partial charge in [0.1, 0.15) is 11.4 Å². The van der Waals surface area contributed by atoms with Gasteiger partial charge in [-0.1, -0.05) is 30.3 Å². The average Bonchev–Trinajstić information content (AvgIpc) is 3.36. The quantitative estimate of drug-likeness (QED) is 0.303. The molecular formula is C24H37IN6O2. The Morgan fingerprint density at radius 1 is 1.27 bits per heavy atom. The smallest absolute Gasteiger partial charge is 0.407 e. The maximum Gasteiger partial charge on any atom is 0.407 e. The van der Waals surface area contributed by atoms with Crippen LogP contribution in [0.2, 0.25) is 0 Å². The first-order chi connectivity index (χ1) is 15.3. The van der Waals surface area contributed by atoms with Crippen molar-refractivity contribution in [3.63, 3.8) is 0 Å². The summed E-state index contributed by atoms with van der Waals surface area (Å²) in [6, 6.07) is 10.4. The van der Waals surface area contributed by atoms with Crippen LogP contribution in [0.1, 0.15) is 45.5 Å². The number of aromatic nitrogens is 2. The molecule has 1 aliphatic heterocycles. The lowest BCUT2D eigenvalue weighted by Gasteiger charge is -2.23. The lowest BCUT2D eigenvalue weighted by Crippen LogP contribution is -2.44. The number of halogens is 1. The van der Waals surface area contributed by atoms with E-state index in [-0.39, 0.29) is 36.1 Å². The number of carbonyl (C=O) groups is 1. The number of hydrogen-bond donors (Lipinski definition) is 2. The van der Waals surface area contributed by atoms with Crippen LogP contribution in [-0.4, -0.2) is 64.3 Å². The molecule has 1 aromatic heterocycles. The van der Waals surface area contributed by atoms with Crippen LogP contribution in [0, 0.1) is 0 Å². The van der Waals surface area contributed by atoms with E-state index in [9.17, 15) is 4.79 Å². The van der Waals surface area contributed by atoms with Gasteiger partial charge in [0.05, 0.1) is 6.04 Å². The van der Waals surface area contributed by atoms with E-state index in [1.165, 1.54) is 5.56 Å². The van der Waals surface area contributed by atoms with E-state index < -0.39 is 5.60 Å². The predicted molar refractivity (Wildman–Crippen MR) is 142 cm³/mol. The number of carbonyl (C=O) groups excluding carboxylic acids is 1. The number of aliphatic imine (C=N–C) groups is 1. The van der Waals surface area contributed by atoms with Crippen LogP contribution in [0.15, 0.2) is 47.7 Å². The standard InChI is InChI=1S/C24H36N6O2.HI/c1-5-25-22(30-15-12-20(18-30)28-23(31)32-24(2,3)4)27-13-11-21-26-14-16-29(21)17-19-9-7-6-8-10-19;/h6-10,14,16,20H,5,11-13,15,17-18H2,1-4H3,(H,25,27)(H,28,31);1H. The second-order valence-corrected chi connectivity index (χ2v) is 9.02. The van der Waals surface area contributed by atoms with Crippen molar-refractivity contribution in [1.29, 1.82) is 0 Å². The van der Waals surface area contributed by atoms with Crippen molar-refractivity contribution >= 4 is 36.0 Å². The molecule has 2 heterocycles. The fourth-order valence-corrected chi connectivity index (χ4v) is 3.72. The predicted octanol–water partition coefficient (Wildman–Crippen LogP) is 3.66. The fourth-order valence-electron chi connectivity index (χ4n) is 3.72. The Balaban J connectivity index is 0.00000385. The highest BCUT2D eigenvalue weighted by atomic mass is 127. The molecule has 2 aromatic rings. The molecule has 0 spiro atoms. The molecule has 9 heteroatoms. The minimum absolute atomic E-state index is 0. The highest BCUT2D eigenvalue weighted by Crippen LogP contribution is 2.12. The van der Waals surface area contributed by atoms with Crippen LogP contribution >= 0.6 is 24.0 Å². The molecule has 1 unspecified atom stereocenters. The van der Waals surface area contributed by atoms with Gasteiger partial charge in [-0.2, -0.15) is 0 Å². The molecule has 2 N–H and O–H groups in total. The van der Waals surface area contributed by atoms with Crippen molar-refractivity contribution in [2.24, 2.45) is 4.99 Å². The Morgan fingerprint density at radius 3 is 2.73 bits per heavy atom. The zero-order chi connectivity index (χ0) is 23.0. The number of hydrogen-bond acceptors (Lipinski definition) is 4. The summed E-state index contributed by atoms with van der Waals surface area (Å²) in [5, 5.41) is 6.35. The van der Waals surface area contributed by atoms with Gasteiger partial charge in [0.2, 0.25) is 0 Å². The van der Waals surface area contributed by atoms with Crippen molar-refractivity contribution in [2.45, 2.75) is 58.7 Å². The molecule has 33 heavy (non-hydrogen) atoms. The zero-order valence-electron chi connectivity index (χ0n) is 20.1. The van der Waals surface area contributed by atoms with Crippen LogP contribution < -0.4 is 10.6 Å². The second-order valence-electron chi connectivity index (χ2n) is 9.02. The molecule has 1 amide bonds. The number of likely N-dealkylation sites (tertiary alicyclic amines) is 1. The van der Waals surface area contributed by atoms with Gasteiger partial charge in [-0.3, -0.25) is 4.99 Å². The van der Waals surface area contributed by atoms with Crippen LogP contribution in [0.3, 0.4) is 0 Å².